The van der Waals surface area contributed by atoms with E-state index in [4.69, 9.17) is 0 Å². The third-order valence-corrected chi connectivity index (χ3v) is 3.56. The largest absolute Gasteiger partial charge is 0.388 e. The highest BCUT2D eigenvalue weighted by Crippen LogP contribution is 2.15. The summed E-state index contributed by atoms with van der Waals surface area (Å²) in [7, 11) is 0. The van der Waals surface area contributed by atoms with Crippen molar-refractivity contribution < 1.29 is 9.90 Å². The highest BCUT2D eigenvalue weighted by atomic mass is 32.1. The second-order valence-corrected chi connectivity index (χ2v) is 5.76. The molecule has 3 N–H and O–H groups in total. The van der Waals surface area contributed by atoms with Crippen LogP contribution in [0.5, 0.6) is 0 Å². The number of hydrogen-bond acceptors (Lipinski definition) is 3. The molecule has 106 valence electrons. The summed E-state index contributed by atoms with van der Waals surface area (Å²) in [5.41, 5.74) is 0.836. The molecular formula is C15H18N2O2S. The number of anilines is 1. The van der Waals surface area contributed by atoms with Gasteiger partial charge in [0.05, 0.1) is 5.60 Å². The molecule has 2 amide bonds. The van der Waals surface area contributed by atoms with Gasteiger partial charge in [-0.3, -0.25) is 0 Å². The number of thiophene rings is 1. The van der Waals surface area contributed by atoms with Gasteiger partial charge in [0.15, 0.2) is 0 Å². The Balaban J connectivity index is 1.80. The van der Waals surface area contributed by atoms with Crippen LogP contribution in [0.2, 0.25) is 0 Å². The zero-order chi connectivity index (χ0) is 14.4. The molecule has 0 saturated carbocycles. The predicted octanol–water partition coefficient (Wildman–Crippen LogP) is 2.86. The molecule has 0 spiro atoms. The first-order valence-corrected chi connectivity index (χ1v) is 7.33. The lowest BCUT2D eigenvalue weighted by Crippen LogP contribution is -2.43. The normalized spacial score (nSPS) is 13.5. The highest BCUT2D eigenvalue weighted by molar-refractivity contribution is 7.07. The van der Waals surface area contributed by atoms with E-state index in [1.807, 2.05) is 47.2 Å². The molecule has 1 heterocycles. The van der Waals surface area contributed by atoms with Crippen LogP contribution < -0.4 is 10.6 Å². The molecule has 20 heavy (non-hydrogen) atoms. The van der Waals surface area contributed by atoms with Gasteiger partial charge in [-0.25, -0.2) is 4.79 Å². The Morgan fingerprint density at radius 3 is 2.70 bits per heavy atom. The number of amides is 2. The van der Waals surface area contributed by atoms with E-state index < -0.39 is 5.60 Å². The summed E-state index contributed by atoms with van der Waals surface area (Å²) in [4.78, 5) is 11.7. The van der Waals surface area contributed by atoms with E-state index in [1.54, 1.807) is 18.3 Å². The molecule has 0 saturated heterocycles. The molecule has 2 aromatic rings. The average molecular weight is 290 g/mol. The number of benzene rings is 1. The van der Waals surface area contributed by atoms with Crippen LogP contribution in [-0.2, 0) is 6.42 Å². The van der Waals surface area contributed by atoms with Gasteiger partial charge < -0.3 is 15.7 Å². The number of hydrogen-bond donors (Lipinski definition) is 3. The van der Waals surface area contributed by atoms with E-state index in [0.717, 1.165) is 11.3 Å². The van der Waals surface area contributed by atoms with Crippen molar-refractivity contribution in [2.24, 2.45) is 0 Å². The molecule has 4 nitrogen and oxygen atoms in total. The first kappa shape index (κ1) is 14.6. The molecule has 2 rings (SSSR count). The lowest BCUT2D eigenvalue weighted by molar-refractivity contribution is 0.0630. The van der Waals surface area contributed by atoms with E-state index >= 15 is 0 Å². The second-order valence-electron chi connectivity index (χ2n) is 4.98. The minimum absolute atomic E-state index is 0.196. The Labute approximate surface area is 122 Å². The molecule has 0 fully saturated rings. The Morgan fingerprint density at radius 1 is 1.30 bits per heavy atom. The minimum atomic E-state index is -0.963. The van der Waals surface area contributed by atoms with E-state index in [1.165, 1.54) is 0 Å². The van der Waals surface area contributed by atoms with Gasteiger partial charge >= 0.3 is 6.03 Å². The molecule has 0 bridgehead atoms. The van der Waals surface area contributed by atoms with Crippen molar-refractivity contribution in [3.63, 3.8) is 0 Å². The van der Waals surface area contributed by atoms with Gasteiger partial charge in [-0.15, -0.1) is 0 Å². The van der Waals surface area contributed by atoms with E-state index in [-0.39, 0.29) is 12.6 Å². The third kappa shape index (κ3) is 4.68. The van der Waals surface area contributed by atoms with Crippen molar-refractivity contribution in [2.45, 2.75) is 18.9 Å². The summed E-state index contributed by atoms with van der Waals surface area (Å²) < 4.78 is 0. The van der Waals surface area contributed by atoms with Gasteiger partial charge in [0.1, 0.15) is 0 Å². The van der Waals surface area contributed by atoms with Gasteiger partial charge in [0.2, 0.25) is 0 Å². The van der Waals surface area contributed by atoms with Gasteiger partial charge in [-0.2, -0.15) is 11.3 Å². The zero-order valence-electron chi connectivity index (χ0n) is 11.3. The van der Waals surface area contributed by atoms with Crippen LogP contribution >= 0.6 is 11.3 Å². The Morgan fingerprint density at radius 2 is 2.05 bits per heavy atom. The summed E-state index contributed by atoms with van der Waals surface area (Å²) in [6.45, 7) is 1.91. The number of carbonyl (C=O) groups is 1. The molecule has 1 aromatic carbocycles. The smallest absolute Gasteiger partial charge is 0.319 e. The standard InChI is InChI=1S/C15H18N2O2S/c1-15(19,9-12-7-8-20-10-12)11-16-14(18)17-13-5-3-2-4-6-13/h2-8,10,19H,9,11H2,1H3,(H2,16,17,18). The number of rotatable bonds is 5. The van der Waals surface area contributed by atoms with Crippen LogP contribution in [-0.4, -0.2) is 23.3 Å². The van der Waals surface area contributed by atoms with Crippen molar-refractivity contribution in [1.82, 2.24) is 5.32 Å². The third-order valence-electron chi connectivity index (χ3n) is 2.83. The maximum Gasteiger partial charge on any atom is 0.319 e. The van der Waals surface area contributed by atoms with E-state index in [9.17, 15) is 9.90 Å². The van der Waals surface area contributed by atoms with Crippen LogP contribution in [0.1, 0.15) is 12.5 Å². The lowest BCUT2D eigenvalue weighted by atomic mass is 9.98. The summed E-state index contributed by atoms with van der Waals surface area (Å²) in [5.74, 6) is 0. The average Bonchev–Trinajstić information content (AvgIpc) is 2.90. The van der Waals surface area contributed by atoms with E-state index in [2.05, 4.69) is 10.6 Å². The SMILES string of the molecule is CC(O)(CNC(=O)Nc1ccccc1)Cc1ccsc1. The van der Waals surface area contributed by atoms with Crippen molar-refractivity contribution in [3.05, 3.63) is 52.7 Å². The van der Waals surface area contributed by atoms with Crippen LogP contribution in [0.4, 0.5) is 10.5 Å². The number of aliphatic hydroxyl groups is 1. The van der Waals surface area contributed by atoms with Crippen molar-refractivity contribution in [3.8, 4) is 0 Å². The summed E-state index contributed by atoms with van der Waals surface area (Å²) in [5, 5.41) is 19.6. The molecule has 1 aromatic heterocycles. The predicted molar refractivity (Wildman–Crippen MR) is 82.1 cm³/mol. The van der Waals surface area contributed by atoms with E-state index in [0.29, 0.717) is 6.42 Å². The Hall–Kier alpha value is -1.85. The fourth-order valence-corrected chi connectivity index (χ4v) is 2.53. The first-order valence-electron chi connectivity index (χ1n) is 6.38. The molecule has 0 aliphatic rings. The molecule has 0 radical (unpaired) electrons. The molecule has 1 atom stereocenters. The van der Waals surface area contributed by atoms with Gasteiger partial charge in [-0.05, 0) is 41.4 Å². The van der Waals surface area contributed by atoms with Gasteiger partial charge in [0, 0.05) is 18.7 Å². The summed E-state index contributed by atoms with van der Waals surface area (Å²) >= 11 is 1.60. The van der Waals surface area contributed by atoms with Crippen molar-refractivity contribution >= 4 is 23.1 Å². The minimum Gasteiger partial charge on any atom is -0.388 e. The summed E-state index contributed by atoms with van der Waals surface area (Å²) in [6, 6.07) is 10.9. The topological polar surface area (TPSA) is 61.4 Å². The molecule has 0 aliphatic carbocycles. The monoisotopic (exact) mass is 290 g/mol. The molecule has 0 aliphatic heterocycles. The molecular weight excluding hydrogens is 272 g/mol. The lowest BCUT2D eigenvalue weighted by Gasteiger charge is -2.23. The fourth-order valence-electron chi connectivity index (χ4n) is 1.86. The number of carbonyl (C=O) groups excluding carboxylic acids is 1. The Bertz CT molecular complexity index is 538. The van der Waals surface area contributed by atoms with Crippen LogP contribution in [0.25, 0.3) is 0 Å². The fraction of sp³-hybridized carbons (Fsp3) is 0.267. The van der Waals surface area contributed by atoms with Gasteiger partial charge in [0.25, 0.3) is 0 Å². The van der Waals surface area contributed by atoms with Crippen LogP contribution in [0.15, 0.2) is 47.2 Å². The molecule has 5 heteroatoms. The summed E-state index contributed by atoms with van der Waals surface area (Å²) in [6.07, 6.45) is 0.516. The zero-order valence-corrected chi connectivity index (χ0v) is 12.1. The Kier molecular flexibility index (Phi) is 4.76. The van der Waals surface area contributed by atoms with Gasteiger partial charge in [-0.1, -0.05) is 18.2 Å². The maximum atomic E-state index is 11.7. The van der Waals surface area contributed by atoms with Crippen molar-refractivity contribution in [2.75, 3.05) is 11.9 Å². The molecule has 1 unspecified atom stereocenters. The first-order chi connectivity index (χ1) is 9.55. The second kappa shape index (κ2) is 6.54. The van der Waals surface area contributed by atoms with Crippen LogP contribution in [0, 0.1) is 0 Å². The van der Waals surface area contributed by atoms with Crippen molar-refractivity contribution in [1.29, 1.82) is 0 Å². The number of urea groups is 1. The van der Waals surface area contributed by atoms with Crippen LogP contribution in [0.3, 0.4) is 0 Å². The quantitative estimate of drug-likeness (QED) is 0.793. The maximum absolute atomic E-state index is 11.7. The number of para-hydroxylation sites is 1. The number of nitrogens with one attached hydrogen (secondary N) is 2. The highest BCUT2D eigenvalue weighted by Gasteiger charge is 2.22.